The molecule has 0 aromatic carbocycles. The van der Waals surface area contributed by atoms with Gasteiger partial charge in [-0.15, -0.1) is 0 Å². The van der Waals surface area contributed by atoms with Crippen molar-refractivity contribution in [2.45, 2.75) is 44.2 Å². The predicted octanol–water partition coefficient (Wildman–Crippen LogP) is 2.09. The Hall–Kier alpha value is -1.33. The molecule has 2 fully saturated rings. The monoisotopic (exact) mass is 278 g/mol. The number of piperazine rings is 1. The Kier molecular flexibility index (Phi) is 3.81. The summed E-state index contributed by atoms with van der Waals surface area (Å²) >= 11 is 0. The van der Waals surface area contributed by atoms with Crippen LogP contribution in [0.15, 0.2) is 16.5 Å². The molecular formula is C15H22N2O3. The van der Waals surface area contributed by atoms with Crippen LogP contribution in [0.4, 0.5) is 0 Å². The summed E-state index contributed by atoms with van der Waals surface area (Å²) in [5.41, 5.74) is 0.243. The van der Waals surface area contributed by atoms with Crippen molar-refractivity contribution >= 4 is 5.97 Å². The highest BCUT2D eigenvalue weighted by Gasteiger charge is 2.39. The molecule has 110 valence electrons. The van der Waals surface area contributed by atoms with Gasteiger partial charge in [-0.2, -0.15) is 0 Å². The second-order valence-corrected chi connectivity index (χ2v) is 5.95. The maximum atomic E-state index is 10.9. The third-order valence-corrected chi connectivity index (χ3v) is 4.69. The molecule has 2 heterocycles. The fraction of sp³-hybridized carbons (Fsp3) is 0.667. The molecule has 0 amide bonds. The highest BCUT2D eigenvalue weighted by molar-refractivity contribution is 5.84. The first-order chi connectivity index (χ1) is 9.70. The summed E-state index contributed by atoms with van der Waals surface area (Å²) in [5, 5.41) is 12.4. The van der Waals surface area contributed by atoms with Crippen molar-refractivity contribution in [3.8, 4) is 0 Å². The van der Waals surface area contributed by atoms with Crippen molar-refractivity contribution in [2.24, 2.45) is 0 Å². The Bertz CT molecular complexity index is 469. The van der Waals surface area contributed by atoms with Crippen molar-refractivity contribution in [3.05, 3.63) is 23.7 Å². The molecule has 0 atom stereocenters. The van der Waals surface area contributed by atoms with E-state index in [9.17, 15) is 4.79 Å². The summed E-state index contributed by atoms with van der Waals surface area (Å²) in [6.07, 6.45) is 6.37. The highest BCUT2D eigenvalue weighted by Crippen LogP contribution is 2.35. The molecule has 0 bridgehead atoms. The fourth-order valence-corrected chi connectivity index (χ4v) is 3.60. The lowest BCUT2D eigenvalue weighted by atomic mass is 9.79. The van der Waals surface area contributed by atoms with Crippen molar-refractivity contribution in [1.82, 2.24) is 10.2 Å². The van der Waals surface area contributed by atoms with Crippen LogP contribution in [0.2, 0.25) is 0 Å². The molecule has 2 N–H and O–H groups in total. The molecule has 1 aromatic heterocycles. The van der Waals surface area contributed by atoms with Crippen LogP contribution in [0.3, 0.4) is 0 Å². The first-order valence-electron chi connectivity index (χ1n) is 7.47. The predicted molar refractivity (Wildman–Crippen MR) is 74.8 cm³/mol. The van der Waals surface area contributed by atoms with E-state index in [-0.39, 0.29) is 11.3 Å². The van der Waals surface area contributed by atoms with Gasteiger partial charge in [0, 0.05) is 25.2 Å². The van der Waals surface area contributed by atoms with Gasteiger partial charge in [0.25, 0.3) is 0 Å². The molecule has 1 aromatic rings. The van der Waals surface area contributed by atoms with Crippen LogP contribution >= 0.6 is 0 Å². The second kappa shape index (κ2) is 5.58. The van der Waals surface area contributed by atoms with Crippen LogP contribution in [0, 0.1) is 0 Å². The van der Waals surface area contributed by atoms with E-state index in [0.717, 1.165) is 31.9 Å². The number of hydrogen-bond donors (Lipinski definition) is 2. The van der Waals surface area contributed by atoms with E-state index in [2.05, 4.69) is 10.2 Å². The van der Waals surface area contributed by atoms with Gasteiger partial charge in [0.2, 0.25) is 5.76 Å². The summed E-state index contributed by atoms with van der Waals surface area (Å²) in [6.45, 7) is 3.76. The maximum Gasteiger partial charge on any atom is 0.371 e. The Morgan fingerprint density at radius 1 is 1.35 bits per heavy atom. The number of aromatic carboxylic acids is 1. The summed E-state index contributed by atoms with van der Waals surface area (Å²) in [7, 11) is 0. The van der Waals surface area contributed by atoms with Crippen LogP contribution in [0.1, 0.15) is 48.4 Å². The van der Waals surface area contributed by atoms with E-state index in [1.54, 1.807) is 12.1 Å². The Labute approximate surface area is 118 Å². The number of carboxylic acids is 1. The summed E-state index contributed by atoms with van der Waals surface area (Å²) in [6, 6.07) is 3.34. The van der Waals surface area contributed by atoms with E-state index in [4.69, 9.17) is 9.52 Å². The molecule has 1 aliphatic carbocycles. The first-order valence-corrected chi connectivity index (χ1v) is 7.47. The van der Waals surface area contributed by atoms with Crippen LogP contribution in [-0.4, -0.2) is 41.1 Å². The number of carboxylic acid groups (broad SMARTS) is 1. The zero-order chi connectivity index (χ0) is 14.0. The second-order valence-electron chi connectivity index (χ2n) is 5.95. The molecular weight excluding hydrogens is 256 g/mol. The zero-order valence-electron chi connectivity index (χ0n) is 11.7. The smallest absolute Gasteiger partial charge is 0.371 e. The van der Waals surface area contributed by atoms with E-state index < -0.39 is 5.97 Å². The van der Waals surface area contributed by atoms with Gasteiger partial charge in [-0.05, 0) is 25.0 Å². The topological polar surface area (TPSA) is 65.7 Å². The standard InChI is InChI=1S/C15H22N2O3/c18-14(19)13-5-4-12(20-13)10-17-9-8-16-11-15(17)6-2-1-3-7-15/h4-5,16H,1-3,6-11H2,(H,18,19). The average molecular weight is 278 g/mol. The minimum Gasteiger partial charge on any atom is -0.475 e. The highest BCUT2D eigenvalue weighted by atomic mass is 16.4. The Balaban J connectivity index is 1.74. The number of hydrogen-bond acceptors (Lipinski definition) is 4. The van der Waals surface area contributed by atoms with Gasteiger partial charge in [0.05, 0.1) is 6.54 Å². The molecule has 1 aliphatic heterocycles. The molecule has 0 radical (unpaired) electrons. The lowest BCUT2D eigenvalue weighted by Gasteiger charge is -2.49. The average Bonchev–Trinajstić information content (AvgIpc) is 2.91. The summed E-state index contributed by atoms with van der Waals surface area (Å²) in [4.78, 5) is 13.4. The molecule has 1 saturated heterocycles. The quantitative estimate of drug-likeness (QED) is 0.886. The Morgan fingerprint density at radius 3 is 2.85 bits per heavy atom. The van der Waals surface area contributed by atoms with Gasteiger partial charge in [-0.25, -0.2) is 4.79 Å². The van der Waals surface area contributed by atoms with Crippen molar-refractivity contribution in [3.63, 3.8) is 0 Å². The van der Waals surface area contributed by atoms with Crippen LogP contribution in [0.25, 0.3) is 0 Å². The van der Waals surface area contributed by atoms with Gasteiger partial charge in [0.15, 0.2) is 0 Å². The van der Waals surface area contributed by atoms with Crippen LogP contribution in [-0.2, 0) is 6.54 Å². The molecule has 2 aliphatic rings. The van der Waals surface area contributed by atoms with Gasteiger partial charge in [-0.3, -0.25) is 4.90 Å². The largest absolute Gasteiger partial charge is 0.475 e. The summed E-state index contributed by atoms with van der Waals surface area (Å²) in [5.74, 6) is -0.203. The summed E-state index contributed by atoms with van der Waals surface area (Å²) < 4.78 is 5.42. The van der Waals surface area contributed by atoms with E-state index in [0.29, 0.717) is 0 Å². The van der Waals surface area contributed by atoms with E-state index in [1.807, 2.05) is 0 Å². The molecule has 0 unspecified atom stereocenters. The third kappa shape index (κ3) is 2.60. The van der Waals surface area contributed by atoms with Crippen molar-refractivity contribution < 1.29 is 14.3 Å². The normalized spacial score (nSPS) is 23.0. The number of nitrogens with zero attached hydrogens (tertiary/aromatic N) is 1. The number of carbonyl (C=O) groups is 1. The van der Waals surface area contributed by atoms with Gasteiger partial charge >= 0.3 is 5.97 Å². The minimum atomic E-state index is -0.996. The SMILES string of the molecule is O=C(O)c1ccc(CN2CCNCC23CCCCC3)o1. The number of furan rings is 1. The zero-order valence-corrected chi connectivity index (χ0v) is 11.7. The lowest BCUT2D eigenvalue weighted by Crippen LogP contribution is -2.61. The van der Waals surface area contributed by atoms with Crippen molar-refractivity contribution in [1.29, 1.82) is 0 Å². The lowest BCUT2D eigenvalue weighted by molar-refractivity contribution is 0.0156. The van der Waals surface area contributed by atoms with E-state index in [1.165, 1.54) is 32.1 Å². The van der Waals surface area contributed by atoms with Gasteiger partial charge in [-0.1, -0.05) is 19.3 Å². The van der Waals surface area contributed by atoms with Gasteiger partial charge < -0.3 is 14.8 Å². The Morgan fingerprint density at radius 2 is 2.15 bits per heavy atom. The van der Waals surface area contributed by atoms with E-state index >= 15 is 0 Å². The van der Waals surface area contributed by atoms with Crippen molar-refractivity contribution in [2.75, 3.05) is 19.6 Å². The fourth-order valence-electron chi connectivity index (χ4n) is 3.60. The van der Waals surface area contributed by atoms with Crippen LogP contribution in [0.5, 0.6) is 0 Å². The molecule has 1 saturated carbocycles. The maximum absolute atomic E-state index is 10.9. The molecule has 20 heavy (non-hydrogen) atoms. The molecule has 5 heteroatoms. The number of nitrogens with one attached hydrogen (secondary N) is 1. The van der Waals surface area contributed by atoms with Gasteiger partial charge in [0.1, 0.15) is 5.76 Å². The molecule has 1 spiro atoms. The number of rotatable bonds is 3. The first kappa shape index (κ1) is 13.6. The molecule has 3 rings (SSSR count). The minimum absolute atomic E-state index is 0.0350. The molecule has 5 nitrogen and oxygen atoms in total. The third-order valence-electron chi connectivity index (χ3n) is 4.69. The van der Waals surface area contributed by atoms with Crippen LogP contribution < -0.4 is 5.32 Å².